The summed E-state index contributed by atoms with van der Waals surface area (Å²) >= 11 is 0. The molecular weight excluding hydrogens is 596 g/mol. The number of unbranched alkanes of at least 4 members (excludes halogenated alkanes) is 4. The van der Waals surface area contributed by atoms with Gasteiger partial charge in [-0.05, 0) is 42.2 Å². The van der Waals surface area contributed by atoms with Crippen LogP contribution in [0.1, 0.15) is 57.1 Å². The first-order chi connectivity index (χ1) is 22.8. The molecule has 2 amide bonds. The molecule has 0 bridgehead atoms. The Hall–Kier alpha value is -5.25. The predicted molar refractivity (Wildman–Crippen MR) is 180 cm³/mol. The predicted octanol–water partition coefficient (Wildman–Crippen LogP) is 6.59. The van der Waals surface area contributed by atoms with Gasteiger partial charge in [0.05, 0.1) is 6.61 Å². The number of carbonyl (C=O) groups is 3. The molecule has 0 aliphatic heterocycles. The average molecular weight is 639 g/mol. The van der Waals surface area contributed by atoms with Crippen LogP contribution in [0.15, 0.2) is 91.3 Å². The van der Waals surface area contributed by atoms with Gasteiger partial charge in [-0.15, -0.1) is 0 Å². The molecule has 1 aromatic heterocycles. The molecule has 3 N–H and O–H groups in total. The number of hydrogen-bond donors (Lipinski definition) is 3. The van der Waals surface area contributed by atoms with Crippen molar-refractivity contribution < 1.29 is 29.0 Å². The zero-order chi connectivity index (χ0) is 33.4. The Morgan fingerprint density at radius 3 is 2.09 bits per heavy atom. The molecule has 0 fully saturated rings. The molecule has 47 heavy (non-hydrogen) atoms. The summed E-state index contributed by atoms with van der Waals surface area (Å²) in [5, 5.41) is 14.2. The van der Waals surface area contributed by atoms with Crippen LogP contribution in [0.25, 0.3) is 22.5 Å². The average Bonchev–Trinajstić information content (AvgIpc) is 3.09. The van der Waals surface area contributed by atoms with E-state index in [1.807, 2.05) is 78.9 Å². The zero-order valence-corrected chi connectivity index (χ0v) is 26.9. The van der Waals surface area contributed by atoms with Gasteiger partial charge in [0, 0.05) is 29.9 Å². The first-order valence-corrected chi connectivity index (χ1v) is 16.0. The highest BCUT2D eigenvalue weighted by Crippen LogP contribution is 2.24. The molecule has 0 aliphatic rings. The van der Waals surface area contributed by atoms with Crippen molar-refractivity contribution in [3.05, 3.63) is 102 Å². The fraction of sp³-hybridized carbons (Fsp3) is 0.324. The van der Waals surface area contributed by atoms with E-state index in [0.717, 1.165) is 46.6 Å². The zero-order valence-electron chi connectivity index (χ0n) is 26.9. The Morgan fingerprint density at radius 1 is 0.766 bits per heavy atom. The molecule has 10 nitrogen and oxygen atoms in total. The number of alkyl carbamates (subject to hydrolysis) is 1. The molecule has 3 aromatic carbocycles. The van der Waals surface area contributed by atoms with Crippen molar-refractivity contribution in [2.45, 2.75) is 71.1 Å². The van der Waals surface area contributed by atoms with Gasteiger partial charge in [-0.2, -0.15) is 0 Å². The van der Waals surface area contributed by atoms with E-state index in [1.54, 1.807) is 12.4 Å². The molecular formula is C37H42N4O6. The SMILES string of the molecule is CCCCCCCOc1ccc(-c2cnc(-c3ccc(CC(NC(=O)OCc4ccccc4)C(=O)N[C@H](C)C(=O)O)cc3)nc2)cc1. The number of nitrogens with one attached hydrogen (secondary N) is 2. The number of rotatable bonds is 17. The number of aliphatic carboxylic acids is 1. The summed E-state index contributed by atoms with van der Waals surface area (Å²) in [6.07, 6.45) is 8.86. The van der Waals surface area contributed by atoms with Crippen molar-refractivity contribution in [3.63, 3.8) is 0 Å². The highest BCUT2D eigenvalue weighted by molar-refractivity contribution is 5.89. The monoisotopic (exact) mass is 638 g/mol. The second-order valence-electron chi connectivity index (χ2n) is 11.3. The number of ether oxygens (including phenoxy) is 2. The van der Waals surface area contributed by atoms with Crippen molar-refractivity contribution in [3.8, 4) is 28.3 Å². The van der Waals surface area contributed by atoms with E-state index in [0.29, 0.717) is 5.82 Å². The first kappa shape index (κ1) is 34.6. The summed E-state index contributed by atoms with van der Waals surface area (Å²) in [7, 11) is 0. The number of amides is 2. The van der Waals surface area contributed by atoms with Crippen molar-refractivity contribution >= 4 is 18.0 Å². The van der Waals surface area contributed by atoms with Gasteiger partial charge < -0.3 is 25.2 Å². The summed E-state index contributed by atoms with van der Waals surface area (Å²) in [4.78, 5) is 45.9. The van der Waals surface area contributed by atoms with Crippen LogP contribution < -0.4 is 15.4 Å². The maximum atomic E-state index is 12.9. The second kappa shape index (κ2) is 18.0. The van der Waals surface area contributed by atoms with E-state index >= 15 is 0 Å². The Morgan fingerprint density at radius 2 is 1.43 bits per heavy atom. The van der Waals surface area contributed by atoms with Crippen LogP contribution >= 0.6 is 0 Å². The van der Waals surface area contributed by atoms with Gasteiger partial charge in [-0.25, -0.2) is 14.8 Å². The highest BCUT2D eigenvalue weighted by atomic mass is 16.5. The van der Waals surface area contributed by atoms with Gasteiger partial charge in [0.2, 0.25) is 5.91 Å². The van der Waals surface area contributed by atoms with Crippen LogP contribution in [0, 0.1) is 0 Å². The fourth-order valence-corrected chi connectivity index (χ4v) is 4.78. The van der Waals surface area contributed by atoms with Gasteiger partial charge in [0.15, 0.2) is 5.82 Å². The molecule has 0 spiro atoms. The van der Waals surface area contributed by atoms with Gasteiger partial charge >= 0.3 is 12.1 Å². The van der Waals surface area contributed by atoms with Crippen molar-refractivity contribution in [2.75, 3.05) is 6.61 Å². The van der Waals surface area contributed by atoms with Crippen LogP contribution in [0.5, 0.6) is 5.75 Å². The summed E-state index contributed by atoms with van der Waals surface area (Å²) in [6.45, 7) is 4.31. The lowest BCUT2D eigenvalue weighted by Crippen LogP contribution is -2.51. The molecule has 2 atom stereocenters. The number of hydrogen-bond acceptors (Lipinski definition) is 7. The van der Waals surface area contributed by atoms with Gasteiger partial charge in [-0.1, -0.05) is 99.3 Å². The Bertz CT molecular complexity index is 1560. The first-order valence-electron chi connectivity index (χ1n) is 16.0. The minimum absolute atomic E-state index is 0.0268. The van der Waals surface area contributed by atoms with Gasteiger partial charge in [0.1, 0.15) is 24.4 Å². The van der Waals surface area contributed by atoms with E-state index < -0.39 is 30.1 Å². The maximum Gasteiger partial charge on any atom is 0.408 e. The van der Waals surface area contributed by atoms with Crippen LogP contribution in [-0.4, -0.2) is 51.7 Å². The fourth-order valence-electron chi connectivity index (χ4n) is 4.78. The largest absolute Gasteiger partial charge is 0.494 e. The quantitative estimate of drug-likeness (QED) is 0.110. The minimum Gasteiger partial charge on any atom is -0.494 e. The summed E-state index contributed by atoms with van der Waals surface area (Å²) in [6, 6.07) is 22.1. The number of carboxylic acid groups (broad SMARTS) is 1. The molecule has 246 valence electrons. The second-order valence-corrected chi connectivity index (χ2v) is 11.3. The minimum atomic E-state index is -1.19. The Balaban J connectivity index is 1.35. The normalized spacial score (nSPS) is 12.0. The molecule has 1 heterocycles. The van der Waals surface area contributed by atoms with E-state index in [4.69, 9.17) is 9.47 Å². The number of carboxylic acids is 1. The van der Waals surface area contributed by atoms with Gasteiger partial charge in [-0.3, -0.25) is 9.59 Å². The van der Waals surface area contributed by atoms with Crippen LogP contribution in [-0.2, 0) is 27.4 Å². The topological polar surface area (TPSA) is 140 Å². The Kier molecular flexibility index (Phi) is 13.3. The number of benzene rings is 3. The lowest BCUT2D eigenvalue weighted by molar-refractivity contribution is -0.141. The lowest BCUT2D eigenvalue weighted by Gasteiger charge is -2.20. The van der Waals surface area contributed by atoms with Crippen molar-refractivity contribution in [1.29, 1.82) is 0 Å². The van der Waals surface area contributed by atoms with E-state index in [-0.39, 0.29) is 13.0 Å². The molecule has 0 saturated carbocycles. The maximum absolute atomic E-state index is 12.9. The molecule has 4 aromatic rings. The van der Waals surface area contributed by atoms with E-state index in [9.17, 15) is 19.5 Å². The summed E-state index contributed by atoms with van der Waals surface area (Å²) in [5.74, 6) is -0.442. The highest BCUT2D eigenvalue weighted by Gasteiger charge is 2.25. The molecule has 0 saturated heterocycles. The standard InChI is InChI=1S/C37H42N4O6/c1-3-4-5-6-10-21-46-32-19-17-29(18-20-32)31-23-38-34(39-24-31)30-15-13-27(14-16-30)22-33(35(42)40-26(2)36(43)44)41-37(45)47-25-28-11-8-7-9-12-28/h7-9,11-20,23-24,26,33H,3-6,10,21-22,25H2,1-2H3,(H,40,42)(H,41,45)(H,43,44)/t26-,33?/m1/s1. The number of nitrogens with zero attached hydrogens (tertiary/aromatic N) is 2. The van der Waals surface area contributed by atoms with Crippen molar-refractivity contribution in [2.24, 2.45) is 0 Å². The van der Waals surface area contributed by atoms with E-state index in [1.165, 1.54) is 32.6 Å². The van der Waals surface area contributed by atoms with Crippen molar-refractivity contribution in [1.82, 2.24) is 20.6 Å². The molecule has 0 radical (unpaired) electrons. The molecule has 4 rings (SSSR count). The third kappa shape index (κ3) is 11.2. The number of carbonyl (C=O) groups excluding carboxylic acids is 2. The summed E-state index contributed by atoms with van der Waals surface area (Å²) in [5.41, 5.74) is 4.17. The molecule has 1 unspecified atom stereocenters. The van der Waals surface area contributed by atoms with Crippen LogP contribution in [0.4, 0.5) is 4.79 Å². The van der Waals surface area contributed by atoms with Gasteiger partial charge in [0.25, 0.3) is 0 Å². The Labute approximate surface area is 275 Å². The lowest BCUT2D eigenvalue weighted by atomic mass is 10.0. The van der Waals surface area contributed by atoms with Crippen LogP contribution in [0.2, 0.25) is 0 Å². The molecule has 10 heteroatoms. The van der Waals surface area contributed by atoms with E-state index in [2.05, 4.69) is 27.5 Å². The number of aromatic nitrogens is 2. The third-order valence-corrected chi connectivity index (χ3v) is 7.56. The smallest absolute Gasteiger partial charge is 0.408 e. The molecule has 0 aliphatic carbocycles. The van der Waals surface area contributed by atoms with Crippen LogP contribution in [0.3, 0.4) is 0 Å². The summed E-state index contributed by atoms with van der Waals surface area (Å²) < 4.78 is 11.2. The third-order valence-electron chi connectivity index (χ3n) is 7.56.